The third-order valence-corrected chi connectivity index (χ3v) is 5.66. The fourth-order valence-corrected chi connectivity index (χ4v) is 3.89. The Kier molecular flexibility index (Phi) is 5.37. The highest BCUT2D eigenvalue weighted by Gasteiger charge is 2.14. The van der Waals surface area contributed by atoms with Gasteiger partial charge in [0.1, 0.15) is 5.82 Å². The number of carbonyl (C=O) groups excluding carboxylic acids is 1. The van der Waals surface area contributed by atoms with Crippen molar-refractivity contribution in [1.82, 2.24) is 24.7 Å². The number of methoxy groups -OCH3 is 1. The predicted octanol–water partition coefficient (Wildman–Crippen LogP) is 3.11. The number of aromatic nitrogens is 5. The molecule has 30 heavy (non-hydrogen) atoms. The van der Waals surface area contributed by atoms with Crippen molar-refractivity contribution in [1.29, 1.82) is 0 Å². The number of aryl methyl sites for hydroxylation is 1. The number of ether oxygens (including phenoxy) is 1. The zero-order valence-corrected chi connectivity index (χ0v) is 17.5. The zero-order chi connectivity index (χ0) is 21.3. The molecule has 152 valence electrons. The Morgan fingerprint density at radius 3 is 2.80 bits per heavy atom. The quantitative estimate of drug-likeness (QED) is 0.390. The van der Waals surface area contributed by atoms with Crippen LogP contribution < -0.4 is 5.56 Å². The van der Waals surface area contributed by atoms with E-state index in [1.807, 2.05) is 36.7 Å². The van der Waals surface area contributed by atoms with Gasteiger partial charge in [0, 0.05) is 12.6 Å². The monoisotopic (exact) mass is 421 g/mol. The second-order valence-electron chi connectivity index (χ2n) is 6.76. The van der Waals surface area contributed by atoms with Gasteiger partial charge in [-0.05, 0) is 31.2 Å². The maximum Gasteiger partial charge on any atom is 0.337 e. The molecule has 2 heterocycles. The molecule has 2 aromatic carbocycles. The summed E-state index contributed by atoms with van der Waals surface area (Å²) in [6.07, 6.45) is 0. The molecule has 2 aromatic heterocycles. The van der Waals surface area contributed by atoms with Crippen molar-refractivity contribution < 1.29 is 9.53 Å². The molecule has 0 saturated carbocycles. The molecule has 0 radical (unpaired) electrons. The summed E-state index contributed by atoms with van der Waals surface area (Å²) in [4.78, 5) is 31.4. The van der Waals surface area contributed by atoms with E-state index < -0.39 is 5.97 Å². The fourth-order valence-electron chi connectivity index (χ4n) is 3.11. The van der Waals surface area contributed by atoms with Crippen molar-refractivity contribution in [3.8, 4) is 11.4 Å². The number of esters is 1. The van der Waals surface area contributed by atoms with Crippen LogP contribution in [0.1, 0.15) is 21.7 Å². The number of nitrogens with one attached hydrogen (secondary N) is 1. The van der Waals surface area contributed by atoms with E-state index in [0.29, 0.717) is 33.2 Å². The van der Waals surface area contributed by atoms with Gasteiger partial charge in [-0.25, -0.2) is 9.78 Å². The molecule has 0 aliphatic heterocycles. The molecule has 0 spiro atoms. The van der Waals surface area contributed by atoms with E-state index in [4.69, 9.17) is 4.74 Å². The van der Waals surface area contributed by atoms with Crippen LogP contribution in [0.4, 0.5) is 0 Å². The largest absolute Gasteiger partial charge is 0.465 e. The first-order chi connectivity index (χ1) is 14.5. The highest BCUT2D eigenvalue weighted by atomic mass is 32.2. The van der Waals surface area contributed by atoms with Crippen molar-refractivity contribution in [2.75, 3.05) is 7.11 Å². The number of hydrogen-bond acceptors (Lipinski definition) is 7. The minimum Gasteiger partial charge on any atom is -0.465 e. The Bertz CT molecular complexity index is 1310. The minimum atomic E-state index is -0.474. The number of thioether (sulfide) groups is 1. The van der Waals surface area contributed by atoms with Gasteiger partial charge in [0.15, 0.2) is 11.0 Å². The second kappa shape index (κ2) is 8.11. The van der Waals surface area contributed by atoms with Crippen LogP contribution >= 0.6 is 11.8 Å². The van der Waals surface area contributed by atoms with Crippen LogP contribution in [-0.4, -0.2) is 37.8 Å². The summed E-state index contributed by atoms with van der Waals surface area (Å²) >= 11 is 1.42. The molecule has 0 bridgehead atoms. The molecule has 0 amide bonds. The lowest BCUT2D eigenvalue weighted by molar-refractivity contribution is 0.0601. The van der Waals surface area contributed by atoms with E-state index >= 15 is 0 Å². The van der Waals surface area contributed by atoms with Crippen molar-refractivity contribution in [3.63, 3.8) is 0 Å². The average Bonchev–Trinajstić information content (AvgIpc) is 3.11. The molecule has 4 rings (SSSR count). The topological polar surface area (TPSA) is 103 Å². The van der Waals surface area contributed by atoms with Crippen LogP contribution in [-0.2, 0) is 17.5 Å². The van der Waals surface area contributed by atoms with Crippen molar-refractivity contribution in [3.05, 3.63) is 69.8 Å². The molecular formula is C21H19N5O3S. The van der Waals surface area contributed by atoms with E-state index in [1.54, 1.807) is 18.2 Å². The molecule has 0 aliphatic rings. The molecule has 8 nitrogen and oxygen atoms in total. The first-order valence-corrected chi connectivity index (χ1v) is 10.2. The Morgan fingerprint density at radius 2 is 2.03 bits per heavy atom. The highest BCUT2D eigenvalue weighted by molar-refractivity contribution is 7.98. The van der Waals surface area contributed by atoms with Crippen LogP contribution in [0.2, 0.25) is 0 Å². The van der Waals surface area contributed by atoms with Gasteiger partial charge in [0.25, 0.3) is 5.56 Å². The lowest BCUT2D eigenvalue weighted by atomic mass is 10.1. The summed E-state index contributed by atoms with van der Waals surface area (Å²) in [5, 5.41) is 9.68. The van der Waals surface area contributed by atoms with Crippen LogP contribution in [0, 0.1) is 6.92 Å². The van der Waals surface area contributed by atoms with Crippen LogP contribution in [0.25, 0.3) is 22.3 Å². The predicted molar refractivity (Wildman–Crippen MR) is 114 cm³/mol. The Balaban J connectivity index is 1.59. The van der Waals surface area contributed by atoms with Gasteiger partial charge in [-0.1, -0.05) is 35.5 Å². The Labute approximate surface area is 176 Å². The van der Waals surface area contributed by atoms with Gasteiger partial charge in [0.2, 0.25) is 0 Å². The molecule has 9 heteroatoms. The molecular weight excluding hydrogens is 402 g/mol. The average molecular weight is 421 g/mol. The van der Waals surface area contributed by atoms with Crippen LogP contribution in [0.3, 0.4) is 0 Å². The maximum absolute atomic E-state index is 12.4. The lowest BCUT2D eigenvalue weighted by Crippen LogP contribution is -2.12. The number of aromatic amines is 1. The summed E-state index contributed by atoms with van der Waals surface area (Å²) in [5.74, 6) is 1.18. The van der Waals surface area contributed by atoms with Crippen molar-refractivity contribution in [2.45, 2.75) is 17.8 Å². The van der Waals surface area contributed by atoms with Crippen molar-refractivity contribution in [2.24, 2.45) is 7.05 Å². The van der Waals surface area contributed by atoms with Gasteiger partial charge in [0.05, 0.1) is 29.3 Å². The second-order valence-corrected chi connectivity index (χ2v) is 7.70. The molecule has 0 unspecified atom stereocenters. The van der Waals surface area contributed by atoms with E-state index in [-0.39, 0.29) is 5.56 Å². The number of fused-ring (bicyclic) bond motifs is 1. The van der Waals surface area contributed by atoms with Gasteiger partial charge >= 0.3 is 5.97 Å². The first kappa shape index (κ1) is 19.8. The standard InChI is InChI=1S/C21H19N5O3S/c1-12-5-4-6-13(9-12)18-24-25-21(26(18)2)30-11-17-22-16-10-14(20(28)29-3)7-8-15(16)19(27)23-17/h4-10H,11H2,1-3H3,(H,22,23,27). The first-order valence-electron chi connectivity index (χ1n) is 9.17. The SMILES string of the molecule is COC(=O)c1ccc2c(=O)[nH]c(CSc3nnc(-c4cccc(C)c4)n3C)nc2c1. The number of H-pyrrole nitrogens is 1. The smallest absolute Gasteiger partial charge is 0.337 e. The summed E-state index contributed by atoms with van der Waals surface area (Å²) in [6, 6.07) is 12.7. The number of hydrogen-bond donors (Lipinski definition) is 1. The van der Waals surface area contributed by atoms with Crippen LogP contribution in [0.5, 0.6) is 0 Å². The Hall–Kier alpha value is -3.46. The normalized spacial score (nSPS) is 11.0. The third-order valence-electron chi connectivity index (χ3n) is 4.63. The highest BCUT2D eigenvalue weighted by Crippen LogP contribution is 2.25. The number of nitrogens with zero attached hydrogens (tertiary/aromatic N) is 4. The van der Waals surface area contributed by atoms with E-state index in [0.717, 1.165) is 17.0 Å². The number of carbonyl (C=O) groups is 1. The third kappa shape index (κ3) is 3.84. The number of benzene rings is 2. The summed E-state index contributed by atoms with van der Waals surface area (Å²) in [6.45, 7) is 2.03. The van der Waals surface area contributed by atoms with Crippen LogP contribution in [0.15, 0.2) is 52.4 Å². The summed E-state index contributed by atoms with van der Waals surface area (Å²) < 4.78 is 6.65. The fraction of sp³-hybridized carbons (Fsp3) is 0.190. The van der Waals surface area contributed by atoms with Gasteiger partial charge in [-0.15, -0.1) is 10.2 Å². The maximum atomic E-state index is 12.4. The van der Waals surface area contributed by atoms with E-state index in [1.165, 1.54) is 18.9 Å². The molecule has 1 N–H and O–H groups in total. The molecule has 0 atom stereocenters. The molecule has 0 fully saturated rings. The Morgan fingerprint density at radius 1 is 1.20 bits per heavy atom. The minimum absolute atomic E-state index is 0.259. The molecule has 0 aliphatic carbocycles. The van der Waals surface area contributed by atoms with Gasteiger partial charge in [-0.2, -0.15) is 0 Å². The van der Waals surface area contributed by atoms with E-state index in [9.17, 15) is 9.59 Å². The van der Waals surface area contributed by atoms with E-state index in [2.05, 4.69) is 26.2 Å². The molecule has 4 aromatic rings. The summed E-state index contributed by atoms with van der Waals surface area (Å²) in [7, 11) is 3.21. The van der Waals surface area contributed by atoms with Crippen molar-refractivity contribution >= 4 is 28.6 Å². The van der Waals surface area contributed by atoms with Gasteiger partial charge < -0.3 is 14.3 Å². The summed E-state index contributed by atoms with van der Waals surface area (Å²) in [5.41, 5.74) is 2.66. The lowest BCUT2D eigenvalue weighted by Gasteiger charge is -2.06. The zero-order valence-electron chi connectivity index (χ0n) is 16.7. The van der Waals surface area contributed by atoms with Gasteiger partial charge in [-0.3, -0.25) is 4.79 Å². The molecule has 0 saturated heterocycles. The number of rotatable bonds is 5.